The number of aliphatic hydroxyl groups excluding tert-OH is 1. The van der Waals surface area contributed by atoms with E-state index < -0.39 is 6.10 Å². The summed E-state index contributed by atoms with van der Waals surface area (Å²) >= 11 is 0. The summed E-state index contributed by atoms with van der Waals surface area (Å²) in [6.07, 6.45) is 2.59. The summed E-state index contributed by atoms with van der Waals surface area (Å²) < 4.78 is 0. The first-order chi connectivity index (χ1) is 5.66. The minimum Gasteiger partial charge on any atom is -0.391 e. The Bertz CT molecular complexity index is 189. The van der Waals surface area contributed by atoms with Gasteiger partial charge in [-0.05, 0) is 13.3 Å². The second-order valence-corrected chi connectivity index (χ2v) is 3.18. The lowest BCUT2D eigenvalue weighted by atomic mass is 10.1. The minimum absolute atomic E-state index is 0.00417. The molecular weight excluding hydrogens is 154 g/mol. The lowest BCUT2D eigenvalue weighted by molar-refractivity contribution is -0.129. The summed E-state index contributed by atoms with van der Waals surface area (Å²) in [7, 11) is 0. The standard InChI is InChI=1S/C9H15NO2/c1-3-6-10-8(7(2)11)4-5-9(10)12/h3,7-8,11H,1,4-6H2,2H3/t7-,8?/m0/s1. The predicted octanol–water partition coefficient (Wildman–Crippen LogP) is 0.544. The maximum Gasteiger partial charge on any atom is 0.223 e. The molecule has 1 unspecified atom stereocenters. The van der Waals surface area contributed by atoms with Crippen molar-refractivity contribution in [2.75, 3.05) is 6.54 Å². The van der Waals surface area contributed by atoms with Gasteiger partial charge >= 0.3 is 0 Å². The van der Waals surface area contributed by atoms with Crippen LogP contribution in [0.1, 0.15) is 19.8 Å². The maximum atomic E-state index is 11.2. The molecule has 1 aliphatic rings. The third-order valence-electron chi connectivity index (χ3n) is 2.26. The normalized spacial score (nSPS) is 26.0. The number of rotatable bonds is 3. The number of hydrogen-bond acceptors (Lipinski definition) is 2. The van der Waals surface area contributed by atoms with Gasteiger partial charge in [0.25, 0.3) is 0 Å². The molecule has 3 heteroatoms. The first-order valence-electron chi connectivity index (χ1n) is 4.25. The molecule has 0 aromatic rings. The van der Waals surface area contributed by atoms with Crippen LogP contribution in [0, 0.1) is 0 Å². The average molecular weight is 169 g/mol. The van der Waals surface area contributed by atoms with Crippen LogP contribution in [0.5, 0.6) is 0 Å². The predicted molar refractivity (Wildman–Crippen MR) is 46.6 cm³/mol. The molecule has 0 saturated carbocycles. The van der Waals surface area contributed by atoms with Crippen LogP contribution in [0.15, 0.2) is 12.7 Å². The van der Waals surface area contributed by atoms with Crippen LogP contribution in [0.2, 0.25) is 0 Å². The lowest BCUT2D eigenvalue weighted by Gasteiger charge is -2.25. The molecule has 12 heavy (non-hydrogen) atoms. The smallest absolute Gasteiger partial charge is 0.223 e. The Morgan fingerprint density at radius 1 is 1.92 bits per heavy atom. The summed E-state index contributed by atoms with van der Waals surface area (Å²) in [4.78, 5) is 12.9. The Morgan fingerprint density at radius 2 is 2.58 bits per heavy atom. The maximum absolute atomic E-state index is 11.2. The van der Waals surface area contributed by atoms with Gasteiger partial charge in [-0.15, -0.1) is 6.58 Å². The average Bonchev–Trinajstić information content (AvgIpc) is 2.34. The highest BCUT2D eigenvalue weighted by molar-refractivity contribution is 5.79. The number of carbonyl (C=O) groups excluding carboxylic acids is 1. The fourth-order valence-corrected chi connectivity index (χ4v) is 1.63. The summed E-state index contributed by atoms with van der Waals surface area (Å²) in [6.45, 7) is 5.85. The van der Waals surface area contributed by atoms with Gasteiger partial charge in [-0.2, -0.15) is 0 Å². The highest BCUT2D eigenvalue weighted by atomic mass is 16.3. The number of nitrogens with zero attached hydrogens (tertiary/aromatic N) is 1. The van der Waals surface area contributed by atoms with Gasteiger partial charge in [0.1, 0.15) is 0 Å². The molecule has 1 N–H and O–H groups in total. The van der Waals surface area contributed by atoms with E-state index in [1.165, 1.54) is 0 Å². The van der Waals surface area contributed by atoms with Crippen LogP contribution in [0.3, 0.4) is 0 Å². The fourth-order valence-electron chi connectivity index (χ4n) is 1.63. The van der Waals surface area contributed by atoms with E-state index in [1.54, 1.807) is 17.9 Å². The summed E-state index contributed by atoms with van der Waals surface area (Å²) in [5.41, 5.74) is 0. The van der Waals surface area contributed by atoms with Crippen molar-refractivity contribution >= 4 is 5.91 Å². The summed E-state index contributed by atoms with van der Waals surface area (Å²) in [6, 6.07) is -0.00417. The van der Waals surface area contributed by atoms with E-state index in [0.29, 0.717) is 13.0 Å². The zero-order chi connectivity index (χ0) is 9.14. The molecule has 0 aromatic heterocycles. The molecule has 68 valence electrons. The molecule has 1 rings (SSSR count). The monoisotopic (exact) mass is 169 g/mol. The van der Waals surface area contributed by atoms with Gasteiger partial charge in [0, 0.05) is 13.0 Å². The highest BCUT2D eigenvalue weighted by Gasteiger charge is 2.32. The summed E-state index contributed by atoms with van der Waals surface area (Å²) in [5, 5.41) is 9.34. The highest BCUT2D eigenvalue weighted by Crippen LogP contribution is 2.20. The number of likely N-dealkylation sites (tertiary alicyclic amines) is 1. The van der Waals surface area contributed by atoms with E-state index in [-0.39, 0.29) is 11.9 Å². The van der Waals surface area contributed by atoms with Crippen LogP contribution in [-0.4, -0.2) is 34.6 Å². The third-order valence-corrected chi connectivity index (χ3v) is 2.26. The number of hydrogen-bond donors (Lipinski definition) is 1. The minimum atomic E-state index is -0.434. The SMILES string of the molecule is C=CCN1C(=O)CCC1[C@H](C)O. The molecule has 0 spiro atoms. The van der Waals surface area contributed by atoms with E-state index in [0.717, 1.165) is 6.42 Å². The van der Waals surface area contributed by atoms with Crippen molar-refractivity contribution in [1.29, 1.82) is 0 Å². The van der Waals surface area contributed by atoms with Crippen molar-refractivity contribution in [3.8, 4) is 0 Å². The second kappa shape index (κ2) is 3.72. The van der Waals surface area contributed by atoms with E-state index in [4.69, 9.17) is 0 Å². The van der Waals surface area contributed by atoms with Crippen LogP contribution in [0.4, 0.5) is 0 Å². The molecule has 1 heterocycles. The Morgan fingerprint density at radius 3 is 3.08 bits per heavy atom. The topological polar surface area (TPSA) is 40.5 Å². The molecule has 0 aliphatic carbocycles. The van der Waals surface area contributed by atoms with Crippen LogP contribution in [0.25, 0.3) is 0 Å². The van der Waals surface area contributed by atoms with Crippen molar-refractivity contribution in [3.63, 3.8) is 0 Å². The largest absolute Gasteiger partial charge is 0.391 e. The molecule has 1 amide bonds. The van der Waals surface area contributed by atoms with Gasteiger partial charge in [0.05, 0.1) is 12.1 Å². The Labute approximate surface area is 72.7 Å². The van der Waals surface area contributed by atoms with E-state index >= 15 is 0 Å². The van der Waals surface area contributed by atoms with Gasteiger partial charge < -0.3 is 10.0 Å². The van der Waals surface area contributed by atoms with E-state index in [9.17, 15) is 9.90 Å². The first-order valence-corrected chi connectivity index (χ1v) is 4.25. The molecule has 0 radical (unpaired) electrons. The zero-order valence-corrected chi connectivity index (χ0v) is 7.36. The van der Waals surface area contributed by atoms with Crippen LogP contribution < -0.4 is 0 Å². The molecule has 0 aromatic carbocycles. The molecule has 1 aliphatic heterocycles. The zero-order valence-electron chi connectivity index (χ0n) is 7.36. The molecule has 2 atom stereocenters. The molecule has 3 nitrogen and oxygen atoms in total. The quantitative estimate of drug-likeness (QED) is 0.626. The number of amides is 1. The van der Waals surface area contributed by atoms with Crippen LogP contribution in [-0.2, 0) is 4.79 Å². The Kier molecular flexibility index (Phi) is 2.87. The van der Waals surface area contributed by atoms with Crippen molar-refractivity contribution in [1.82, 2.24) is 4.90 Å². The van der Waals surface area contributed by atoms with Gasteiger partial charge in [-0.25, -0.2) is 0 Å². The van der Waals surface area contributed by atoms with Crippen molar-refractivity contribution in [2.45, 2.75) is 31.9 Å². The number of carbonyl (C=O) groups is 1. The van der Waals surface area contributed by atoms with Gasteiger partial charge in [0.15, 0.2) is 0 Å². The molecule has 1 saturated heterocycles. The van der Waals surface area contributed by atoms with Crippen molar-refractivity contribution in [2.24, 2.45) is 0 Å². The van der Waals surface area contributed by atoms with E-state index in [2.05, 4.69) is 6.58 Å². The van der Waals surface area contributed by atoms with Crippen molar-refractivity contribution in [3.05, 3.63) is 12.7 Å². The van der Waals surface area contributed by atoms with Crippen LogP contribution >= 0.6 is 0 Å². The third kappa shape index (κ3) is 1.67. The fraction of sp³-hybridized carbons (Fsp3) is 0.667. The second-order valence-electron chi connectivity index (χ2n) is 3.18. The Hall–Kier alpha value is -0.830. The van der Waals surface area contributed by atoms with Gasteiger partial charge in [0.2, 0.25) is 5.91 Å². The van der Waals surface area contributed by atoms with E-state index in [1.807, 2.05) is 0 Å². The summed E-state index contributed by atoms with van der Waals surface area (Å²) in [5.74, 6) is 0.126. The van der Waals surface area contributed by atoms with Crippen molar-refractivity contribution < 1.29 is 9.90 Å². The number of aliphatic hydroxyl groups is 1. The first kappa shape index (κ1) is 9.26. The van der Waals surface area contributed by atoms with Gasteiger partial charge in [-0.3, -0.25) is 4.79 Å². The Balaban J connectivity index is 2.63. The molecule has 0 bridgehead atoms. The lowest BCUT2D eigenvalue weighted by Crippen LogP contribution is -2.39. The molecular formula is C9H15NO2. The molecule has 1 fully saturated rings. The van der Waals surface area contributed by atoms with Gasteiger partial charge in [-0.1, -0.05) is 6.08 Å².